The number of aromatic nitrogens is 2. The van der Waals surface area contributed by atoms with E-state index in [9.17, 15) is 4.79 Å². The van der Waals surface area contributed by atoms with Gasteiger partial charge in [0.2, 0.25) is 0 Å². The summed E-state index contributed by atoms with van der Waals surface area (Å²) in [5, 5.41) is 3.91. The van der Waals surface area contributed by atoms with E-state index in [0.717, 1.165) is 5.56 Å². The monoisotopic (exact) mass is 246 g/mol. The highest BCUT2D eigenvalue weighted by Gasteiger charge is 2.15. The van der Waals surface area contributed by atoms with Crippen molar-refractivity contribution in [3.05, 3.63) is 18.0 Å². The van der Waals surface area contributed by atoms with Crippen LogP contribution in [0.25, 0.3) is 0 Å². The van der Waals surface area contributed by atoms with Crippen LogP contribution in [0.5, 0.6) is 0 Å². The maximum Gasteiger partial charge on any atom is 0.427 e. The molecule has 2 N–H and O–H groups in total. The average Bonchev–Trinajstić information content (AvgIpc) is 2.59. The molecule has 1 rings (SSSR count). The first-order valence-electron chi connectivity index (χ1n) is 4.75. The Morgan fingerprint density at radius 3 is 2.81 bits per heavy atom. The Morgan fingerprint density at radius 2 is 2.31 bits per heavy atom. The predicted molar refractivity (Wildman–Crippen MR) is 60.5 cm³/mol. The molecule has 0 spiro atoms. The molecule has 1 heterocycles. The van der Waals surface area contributed by atoms with Gasteiger partial charge in [0.05, 0.1) is 18.3 Å². The van der Waals surface area contributed by atoms with Crippen LogP contribution in [0.15, 0.2) is 12.4 Å². The molecule has 0 aliphatic heterocycles. The lowest BCUT2D eigenvalue weighted by Gasteiger charge is -2.19. The van der Waals surface area contributed by atoms with Crippen molar-refractivity contribution in [3.8, 4) is 0 Å². The maximum absolute atomic E-state index is 11.2. The normalized spacial score (nSPS) is 11.0. The van der Waals surface area contributed by atoms with Crippen LogP contribution in [-0.4, -0.2) is 21.6 Å². The van der Waals surface area contributed by atoms with E-state index in [4.69, 9.17) is 16.3 Å². The van der Waals surface area contributed by atoms with Gasteiger partial charge in [-0.3, -0.25) is 0 Å². The summed E-state index contributed by atoms with van der Waals surface area (Å²) in [6, 6.07) is 0. The van der Waals surface area contributed by atoms with Gasteiger partial charge in [-0.15, -0.1) is 11.6 Å². The topological polar surface area (TPSA) is 68.2 Å². The van der Waals surface area contributed by atoms with Gasteiger partial charge >= 0.3 is 6.09 Å². The lowest BCUT2D eigenvalue weighted by atomic mass is 10.2. The summed E-state index contributed by atoms with van der Waals surface area (Å²) in [6.45, 7) is 5.35. The van der Waals surface area contributed by atoms with E-state index in [0.29, 0.717) is 5.88 Å². The molecule has 0 aliphatic carbocycles. The molecular formula is C9H15ClN4O2. The molecule has 1 amide bonds. The molecule has 6 nitrogen and oxygen atoms in total. The number of carbonyl (C=O) groups excluding carboxylic acids is 1. The van der Waals surface area contributed by atoms with Gasteiger partial charge in [-0.25, -0.2) is 15.8 Å². The first-order chi connectivity index (χ1) is 7.40. The Balaban J connectivity index is 2.37. The van der Waals surface area contributed by atoms with E-state index in [1.807, 2.05) is 0 Å². The molecule has 7 heteroatoms. The quantitative estimate of drug-likeness (QED) is 0.628. The highest BCUT2D eigenvalue weighted by Crippen LogP contribution is 2.06. The molecule has 0 saturated carbocycles. The second kappa shape index (κ2) is 5.07. The second-order valence-electron chi connectivity index (χ2n) is 4.17. The van der Waals surface area contributed by atoms with Crippen molar-refractivity contribution >= 4 is 17.7 Å². The van der Waals surface area contributed by atoms with Gasteiger partial charge in [-0.05, 0) is 20.8 Å². The van der Waals surface area contributed by atoms with E-state index in [2.05, 4.69) is 16.1 Å². The summed E-state index contributed by atoms with van der Waals surface area (Å²) < 4.78 is 5.01. The van der Waals surface area contributed by atoms with Gasteiger partial charge in [-0.2, -0.15) is 9.89 Å². The summed E-state index contributed by atoms with van der Waals surface area (Å²) in [6.07, 6.45) is 2.68. The van der Waals surface area contributed by atoms with Crippen molar-refractivity contribution in [2.75, 3.05) is 5.53 Å². The number of hydrogen-bond donors (Lipinski definition) is 2. The van der Waals surface area contributed by atoms with Gasteiger partial charge in [-0.1, -0.05) is 0 Å². The third-order valence-corrected chi connectivity index (χ3v) is 1.77. The number of carbonyl (C=O) groups is 1. The number of halogens is 1. The molecule has 0 fully saturated rings. The van der Waals surface area contributed by atoms with Gasteiger partial charge in [0, 0.05) is 5.56 Å². The third kappa shape index (κ3) is 4.39. The Morgan fingerprint density at radius 1 is 1.62 bits per heavy atom. The zero-order chi connectivity index (χ0) is 12.2. The molecule has 0 radical (unpaired) electrons. The number of nitrogens with zero attached hydrogens (tertiary/aromatic N) is 2. The van der Waals surface area contributed by atoms with Gasteiger partial charge in [0.15, 0.2) is 0 Å². The van der Waals surface area contributed by atoms with Crippen LogP contribution in [0, 0.1) is 0 Å². The fourth-order valence-corrected chi connectivity index (χ4v) is 1.03. The van der Waals surface area contributed by atoms with Crippen LogP contribution in [0.3, 0.4) is 0 Å². The van der Waals surface area contributed by atoms with Crippen LogP contribution < -0.4 is 11.0 Å². The minimum absolute atomic E-state index is 0.369. The first kappa shape index (κ1) is 12.6. The Bertz CT molecular complexity index is 359. The molecule has 0 aliphatic rings. The number of amides is 1. The van der Waals surface area contributed by atoms with Crippen LogP contribution in [-0.2, 0) is 10.6 Å². The summed E-state index contributed by atoms with van der Waals surface area (Å²) in [5.41, 5.74) is 5.20. The Hall–Kier alpha value is -1.43. The molecule has 0 aromatic carbocycles. The predicted octanol–water partition coefficient (Wildman–Crippen LogP) is 1.61. The van der Waals surface area contributed by atoms with Crippen molar-refractivity contribution in [1.29, 1.82) is 0 Å². The standard InChI is InChI=1S/C9H15ClN4O2/c1-9(2,3)16-8(15)12-13-14-6-7(4-10)5-11-14/h5-6,13H,4H2,1-3H3,(H,12,15). The lowest BCUT2D eigenvalue weighted by Crippen LogP contribution is -2.39. The van der Waals surface area contributed by atoms with Crippen LogP contribution in [0.1, 0.15) is 26.3 Å². The zero-order valence-corrected chi connectivity index (χ0v) is 10.2. The molecule has 0 atom stereocenters. The molecular weight excluding hydrogens is 232 g/mol. The Labute approximate surface area is 98.8 Å². The molecule has 1 aromatic rings. The summed E-state index contributed by atoms with van der Waals surface area (Å²) in [5.74, 6) is 0.369. The van der Waals surface area contributed by atoms with E-state index >= 15 is 0 Å². The number of rotatable bonds is 3. The first-order valence-corrected chi connectivity index (χ1v) is 5.29. The van der Waals surface area contributed by atoms with Crippen molar-refractivity contribution in [1.82, 2.24) is 15.3 Å². The highest BCUT2D eigenvalue weighted by atomic mass is 35.5. The molecule has 16 heavy (non-hydrogen) atoms. The number of alkyl halides is 1. The van der Waals surface area contributed by atoms with Gasteiger partial charge in [0.25, 0.3) is 0 Å². The maximum atomic E-state index is 11.2. The van der Waals surface area contributed by atoms with E-state index in [-0.39, 0.29) is 0 Å². The number of ether oxygens (including phenoxy) is 1. The molecule has 0 bridgehead atoms. The molecule has 1 aromatic heterocycles. The fraction of sp³-hybridized carbons (Fsp3) is 0.556. The lowest BCUT2D eigenvalue weighted by molar-refractivity contribution is 0.0532. The Kier molecular flexibility index (Phi) is 4.00. The van der Waals surface area contributed by atoms with Crippen LogP contribution in [0.2, 0.25) is 0 Å². The summed E-state index contributed by atoms with van der Waals surface area (Å²) in [4.78, 5) is 12.6. The smallest absolute Gasteiger partial charge is 0.427 e. The van der Waals surface area contributed by atoms with E-state index in [1.54, 1.807) is 33.2 Å². The van der Waals surface area contributed by atoms with E-state index in [1.165, 1.54) is 4.79 Å². The van der Waals surface area contributed by atoms with Crippen molar-refractivity contribution in [3.63, 3.8) is 0 Å². The average molecular weight is 247 g/mol. The number of hydrazine groups is 1. The van der Waals surface area contributed by atoms with Crippen molar-refractivity contribution < 1.29 is 9.53 Å². The van der Waals surface area contributed by atoms with Gasteiger partial charge in [0.1, 0.15) is 5.60 Å². The molecule has 90 valence electrons. The fourth-order valence-electron chi connectivity index (χ4n) is 0.897. The highest BCUT2D eigenvalue weighted by molar-refractivity contribution is 6.17. The SMILES string of the molecule is CC(C)(C)OC(=O)NNn1cc(CCl)cn1. The van der Waals surface area contributed by atoms with E-state index < -0.39 is 11.7 Å². The molecule has 0 saturated heterocycles. The largest absolute Gasteiger partial charge is 0.443 e. The summed E-state index contributed by atoms with van der Waals surface area (Å²) >= 11 is 5.60. The number of hydrogen-bond acceptors (Lipinski definition) is 4. The van der Waals surface area contributed by atoms with Crippen molar-refractivity contribution in [2.24, 2.45) is 0 Å². The summed E-state index contributed by atoms with van der Waals surface area (Å²) in [7, 11) is 0. The zero-order valence-electron chi connectivity index (χ0n) is 9.45. The minimum atomic E-state index is -0.574. The number of nitrogens with one attached hydrogen (secondary N) is 2. The van der Waals surface area contributed by atoms with Crippen molar-refractivity contribution in [2.45, 2.75) is 32.3 Å². The van der Waals surface area contributed by atoms with Gasteiger partial charge < -0.3 is 4.74 Å². The third-order valence-electron chi connectivity index (χ3n) is 1.46. The molecule has 0 unspecified atom stereocenters. The minimum Gasteiger partial charge on any atom is -0.443 e. The van der Waals surface area contributed by atoms with Crippen LogP contribution in [0.4, 0.5) is 4.79 Å². The second-order valence-corrected chi connectivity index (χ2v) is 4.43. The van der Waals surface area contributed by atoms with Crippen LogP contribution >= 0.6 is 11.6 Å².